The predicted octanol–water partition coefficient (Wildman–Crippen LogP) is 6.27. The minimum Gasteiger partial charge on any atom is -0.459 e. The van der Waals surface area contributed by atoms with Gasteiger partial charge in [0.2, 0.25) is 5.82 Å². The lowest BCUT2D eigenvalue weighted by Crippen LogP contribution is -2.32. The summed E-state index contributed by atoms with van der Waals surface area (Å²) in [5, 5.41) is 4.02. The number of aromatic nitrogens is 2. The van der Waals surface area contributed by atoms with E-state index in [0.717, 1.165) is 5.56 Å². The van der Waals surface area contributed by atoms with E-state index in [4.69, 9.17) is 14.0 Å². The molecule has 0 N–H and O–H groups in total. The molecule has 0 aliphatic rings. The Balaban J connectivity index is 1.51. The topological polar surface area (TPSA) is 77.7 Å². The summed E-state index contributed by atoms with van der Waals surface area (Å²) in [6, 6.07) is 16.6. The zero-order valence-electron chi connectivity index (χ0n) is 22.6. The summed E-state index contributed by atoms with van der Waals surface area (Å²) in [6.07, 6.45) is 0. The molecule has 1 heterocycles. The fourth-order valence-corrected chi connectivity index (χ4v) is 4.16. The Bertz CT molecular complexity index is 1460. The van der Waals surface area contributed by atoms with Gasteiger partial charge in [-0.25, -0.2) is 8.78 Å². The van der Waals surface area contributed by atoms with Crippen molar-refractivity contribution in [1.29, 1.82) is 0 Å². The van der Waals surface area contributed by atoms with Gasteiger partial charge >= 0.3 is 5.97 Å². The Kier molecular flexibility index (Phi) is 8.52. The third kappa shape index (κ3) is 7.13. The summed E-state index contributed by atoms with van der Waals surface area (Å²) in [6.45, 7) is 5.91. The number of methoxy groups -OCH3 is 1. The van der Waals surface area contributed by atoms with Crippen LogP contribution in [0.5, 0.6) is 0 Å². The molecule has 3 aromatic carbocycles. The van der Waals surface area contributed by atoms with Crippen LogP contribution in [-0.2, 0) is 27.4 Å². The molecule has 0 fully saturated rings. The summed E-state index contributed by atoms with van der Waals surface area (Å²) in [4.78, 5) is 18.2. The quantitative estimate of drug-likeness (QED) is 0.234. The number of rotatable bonds is 9. The number of nitrogens with zero attached hydrogens (tertiary/aromatic N) is 3. The molecule has 39 heavy (non-hydrogen) atoms. The molecule has 0 unspecified atom stereocenters. The number of halogens is 2. The van der Waals surface area contributed by atoms with Crippen LogP contribution in [0.3, 0.4) is 0 Å². The van der Waals surface area contributed by atoms with Crippen LogP contribution in [0.25, 0.3) is 34.0 Å². The highest BCUT2D eigenvalue weighted by Gasteiger charge is 2.19. The lowest BCUT2D eigenvalue weighted by Gasteiger charge is -2.22. The fourth-order valence-electron chi connectivity index (χ4n) is 4.16. The molecule has 0 radical (unpaired) electrons. The van der Waals surface area contributed by atoms with E-state index in [2.05, 4.69) is 10.1 Å². The normalized spacial score (nSPS) is 11.7. The number of carbonyl (C=O) groups excluding carboxylic acids is 1. The molecule has 7 nitrogen and oxygen atoms in total. The highest BCUT2D eigenvalue weighted by Crippen LogP contribution is 2.31. The molecule has 0 spiro atoms. The molecule has 204 valence electrons. The van der Waals surface area contributed by atoms with Crippen molar-refractivity contribution < 1.29 is 27.6 Å². The number of benzene rings is 3. The lowest BCUT2D eigenvalue weighted by molar-refractivity contribution is -0.155. The molecule has 4 rings (SSSR count). The van der Waals surface area contributed by atoms with E-state index in [1.807, 2.05) is 6.07 Å². The molecule has 0 aliphatic carbocycles. The maximum atomic E-state index is 14.9. The van der Waals surface area contributed by atoms with Gasteiger partial charge in [-0.1, -0.05) is 41.6 Å². The molecule has 0 bridgehead atoms. The lowest BCUT2D eigenvalue weighted by atomic mass is 9.97. The standard InChI is InChI=1S/C30H31F2N3O4/c1-30(2,3)38-27(36)17-35(4)16-21-11-10-19(15-26(21)32)28-33-29(39-34-28)20-12-13-23(22(14-20)18-37-5)24-8-6-7-9-25(24)31/h6-15H,16-18H2,1-5H3. The van der Waals surface area contributed by atoms with E-state index in [0.29, 0.717) is 27.8 Å². The Morgan fingerprint density at radius 3 is 2.38 bits per heavy atom. The van der Waals surface area contributed by atoms with Crippen molar-refractivity contribution in [3.05, 3.63) is 83.4 Å². The average molecular weight is 536 g/mol. The van der Waals surface area contributed by atoms with Gasteiger partial charge in [0.15, 0.2) is 0 Å². The van der Waals surface area contributed by atoms with E-state index in [-0.39, 0.29) is 43.2 Å². The third-order valence-electron chi connectivity index (χ3n) is 5.81. The van der Waals surface area contributed by atoms with Gasteiger partial charge in [-0.15, -0.1) is 0 Å². The zero-order valence-corrected chi connectivity index (χ0v) is 22.6. The second-order valence-electron chi connectivity index (χ2n) is 10.3. The molecule has 4 aromatic rings. The van der Waals surface area contributed by atoms with Gasteiger partial charge in [-0.05, 0) is 63.2 Å². The minimum atomic E-state index is -0.582. The predicted molar refractivity (Wildman–Crippen MR) is 143 cm³/mol. The van der Waals surface area contributed by atoms with Crippen LogP contribution in [0.15, 0.2) is 65.2 Å². The van der Waals surface area contributed by atoms with Crippen molar-refractivity contribution in [2.24, 2.45) is 0 Å². The number of ether oxygens (including phenoxy) is 2. The van der Waals surface area contributed by atoms with Gasteiger partial charge in [-0.3, -0.25) is 9.69 Å². The highest BCUT2D eigenvalue weighted by atomic mass is 19.1. The number of likely N-dealkylation sites (N-methyl/N-ethyl adjacent to an activating group) is 1. The summed E-state index contributed by atoms with van der Waals surface area (Å²) >= 11 is 0. The van der Waals surface area contributed by atoms with E-state index in [1.165, 1.54) is 12.1 Å². The van der Waals surface area contributed by atoms with Crippen LogP contribution < -0.4 is 0 Å². The summed E-state index contributed by atoms with van der Waals surface area (Å²) < 4.78 is 45.5. The first kappa shape index (κ1) is 28.1. The minimum absolute atomic E-state index is 0.0351. The van der Waals surface area contributed by atoms with Crippen LogP contribution >= 0.6 is 0 Å². The van der Waals surface area contributed by atoms with Crippen molar-refractivity contribution in [1.82, 2.24) is 15.0 Å². The van der Waals surface area contributed by atoms with Crippen molar-refractivity contribution >= 4 is 5.97 Å². The van der Waals surface area contributed by atoms with Crippen LogP contribution in [0, 0.1) is 11.6 Å². The third-order valence-corrected chi connectivity index (χ3v) is 5.81. The maximum absolute atomic E-state index is 14.9. The summed E-state index contributed by atoms with van der Waals surface area (Å²) in [5.74, 6) is -0.694. The molecular formula is C30H31F2N3O4. The Morgan fingerprint density at radius 2 is 1.69 bits per heavy atom. The first-order valence-corrected chi connectivity index (χ1v) is 12.4. The summed E-state index contributed by atoms with van der Waals surface area (Å²) in [7, 11) is 3.29. The van der Waals surface area contributed by atoms with Crippen molar-refractivity contribution in [3.8, 4) is 34.0 Å². The Labute approximate surface area is 226 Å². The number of esters is 1. The van der Waals surface area contributed by atoms with E-state index in [9.17, 15) is 13.6 Å². The maximum Gasteiger partial charge on any atom is 0.320 e. The van der Waals surface area contributed by atoms with Crippen LogP contribution in [-0.4, -0.2) is 47.3 Å². The number of carbonyl (C=O) groups is 1. The highest BCUT2D eigenvalue weighted by molar-refractivity contribution is 5.73. The first-order chi connectivity index (χ1) is 18.5. The molecule has 9 heteroatoms. The van der Waals surface area contributed by atoms with Crippen LogP contribution in [0.1, 0.15) is 31.9 Å². The van der Waals surface area contributed by atoms with E-state index < -0.39 is 11.4 Å². The van der Waals surface area contributed by atoms with E-state index >= 15 is 0 Å². The Hall–Kier alpha value is -3.95. The largest absolute Gasteiger partial charge is 0.459 e. The van der Waals surface area contributed by atoms with Crippen molar-refractivity contribution in [2.45, 2.75) is 39.5 Å². The Morgan fingerprint density at radius 1 is 0.949 bits per heavy atom. The van der Waals surface area contributed by atoms with Gasteiger partial charge in [0.25, 0.3) is 5.89 Å². The molecule has 0 atom stereocenters. The van der Waals surface area contributed by atoms with Crippen molar-refractivity contribution in [3.63, 3.8) is 0 Å². The van der Waals surface area contributed by atoms with Gasteiger partial charge in [-0.2, -0.15) is 4.98 Å². The van der Waals surface area contributed by atoms with E-state index in [1.54, 1.807) is 82.3 Å². The second-order valence-corrected chi connectivity index (χ2v) is 10.3. The molecular weight excluding hydrogens is 504 g/mol. The van der Waals surface area contributed by atoms with Crippen LogP contribution in [0.4, 0.5) is 8.78 Å². The van der Waals surface area contributed by atoms with Gasteiger partial charge in [0, 0.05) is 35.9 Å². The molecule has 0 aliphatic heterocycles. The smallest absolute Gasteiger partial charge is 0.320 e. The van der Waals surface area contributed by atoms with Crippen molar-refractivity contribution in [2.75, 3.05) is 20.7 Å². The number of hydrogen-bond acceptors (Lipinski definition) is 7. The number of hydrogen-bond donors (Lipinski definition) is 0. The molecule has 0 amide bonds. The van der Waals surface area contributed by atoms with Gasteiger partial charge in [0.05, 0.1) is 13.2 Å². The zero-order chi connectivity index (χ0) is 28.2. The SMILES string of the molecule is COCc1cc(-c2nc(-c3ccc(CN(C)CC(=O)OC(C)(C)C)c(F)c3)no2)ccc1-c1ccccc1F. The molecule has 0 saturated heterocycles. The van der Waals surface area contributed by atoms with Gasteiger partial charge in [0.1, 0.15) is 17.2 Å². The molecule has 1 aromatic heterocycles. The average Bonchev–Trinajstić information content (AvgIpc) is 3.35. The first-order valence-electron chi connectivity index (χ1n) is 12.4. The summed E-state index contributed by atoms with van der Waals surface area (Å²) in [5.41, 5.74) is 2.83. The molecule has 0 saturated carbocycles. The fraction of sp³-hybridized carbons (Fsp3) is 0.300. The monoisotopic (exact) mass is 535 g/mol. The van der Waals surface area contributed by atoms with Crippen LogP contribution in [0.2, 0.25) is 0 Å². The van der Waals surface area contributed by atoms with Gasteiger partial charge < -0.3 is 14.0 Å². The second kappa shape index (κ2) is 11.8.